The van der Waals surface area contributed by atoms with Gasteiger partial charge in [0.1, 0.15) is 0 Å². The van der Waals surface area contributed by atoms with Gasteiger partial charge in [-0.25, -0.2) is 0 Å². The van der Waals surface area contributed by atoms with Crippen molar-refractivity contribution in [2.45, 2.75) is 6.42 Å². The molecule has 1 fully saturated rings. The van der Waals surface area contributed by atoms with E-state index in [1.54, 1.807) is 4.90 Å². The van der Waals surface area contributed by atoms with Crippen LogP contribution in [0.25, 0.3) is 0 Å². The van der Waals surface area contributed by atoms with Crippen LogP contribution in [0.4, 0.5) is 0 Å². The summed E-state index contributed by atoms with van der Waals surface area (Å²) in [6.07, 6.45) is 0.264. The van der Waals surface area contributed by atoms with Crippen LogP contribution in [0.2, 0.25) is 0 Å². The summed E-state index contributed by atoms with van der Waals surface area (Å²) >= 11 is 0. The topological polar surface area (TPSA) is 52.6 Å². The summed E-state index contributed by atoms with van der Waals surface area (Å²) in [5.74, 6) is 0.0639. The van der Waals surface area contributed by atoms with Gasteiger partial charge in [-0.3, -0.25) is 4.79 Å². The maximum atomic E-state index is 11.1. The number of piperazine rings is 1. The average molecular weight is 158 g/mol. The third kappa shape index (κ3) is 2.48. The Hall–Kier alpha value is -0.610. The van der Waals surface area contributed by atoms with Crippen LogP contribution in [-0.4, -0.2) is 48.7 Å². The number of hydrogen-bond acceptors (Lipinski definition) is 3. The van der Waals surface area contributed by atoms with E-state index in [9.17, 15) is 4.79 Å². The molecule has 0 aromatic rings. The number of hydrogen-bond donors (Lipinski definition) is 2. The monoisotopic (exact) mass is 158 g/mol. The third-order valence-electron chi connectivity index (χ3n) is 1.80. The normalized spacial score (nSPS) is 18.5. The van der Waals surface area contributed by atoms with Gasteiger partial charge in [-0.15, -0.1) is 0 Å². The molecule has 0 aliphatic carbocycles. The van der Waals surface area contributed by atoms with Crippen molar-refractivity contribution in [3.8, 4) is 0 Å². The number of rotatable bonds is 2. The first kappa shape index (κ1) is 8.49. The van der Waals surface area contributed by atoms with E-state index in [-0.39, 0.29) is 18.9 Å². The summed E-state index contributed by atoms with van der Waals surface area (Å²) < 4.78 is 0. The summed E-state index contributed by atoms with van der Waals surface area (Å²) in [7, 11) is 0. The van der Waals surface area contributed by atoms with Crippen molar-refractivity contribution in [2.24, 2.45) is 0 Å². The molecule has 11 heavy (non-hydrogen) atoms. The molecule has 0 unspecified atom stereocenters. The van der Waals surface area contributed by atoms with Gasteiger partial charge in [0.2, 0.25) is 5.91 Å². The van der Waals surface area contributed by atoms with Gasteiger partial charge in [-0.05, 0) is 0 Å². The summed E-state index contributed by atoms with van der Waals surface area (Å²) in [6, 6.07) is 0. The van der Waals surface area contributed by atoms with E-state index in [1.165, 1.54) is 0 Å². The lowest BCUT2D eigenvalue weighted by molar-refractivity contribution is -0.132. The Bertz CT molecular complexity index is 132. The molecule has 0 aromatic carbocycles. The van der Waals surface area contributed by atoms with Crippen LogP contribution >= 0.6 is 0 Å². The van der Waals surface area contributed by atoms with E-state index in [0.29, 0.717) is 0 Å². The molecule has 1 saturated heterocycles. The van der Waals surface area contributed by atoms with Crippen LogP contribution in [0.3, 0.4) is 0 Å². The fraction of sp³-hybridized carbons (Fsp3) is 0.857. The molecule has 4 heteroatoms. The molecule has 0 atom stereocenters. The Morgan fingerprint density at radius 1 is 1.45 bits per heavy atom. The van der Waals surface area contributed by atoms with Gasteiger partial charge in [0, 0.05) is 32.6 Å². The zero-order chi connectivity index (χ0) is 8.10. The molecule has 2 N–H and O–H groups in total. The number of aliphatic hydroxyl groups is 1. The van der Waals surface area contributed by atoms with E-state index < -0.39 is 0 Å². The number of nitrogens with zero attached hydrogens (tertiary/aromatic N) is 1. The highest BCUT2D eigenvalue weighted by atomic mass is 16.3. The Morgan fingerprint density at radius 3 is 2.64 bits per heavy atom. The molecule has 0 bridgehead atoms. The molecule has 64 valence electrons. The largest absolute Gasteiger partial charge is 0.396 e. The highest BCUT2D eigenvalue weighted by molar-refractivity contribution is 5.76. The summed E-state index contributed by atoms with van der Waals surface area (Å²) in [5, 5.41) is 11.7. The SMILES string of the molecule is O=C(CCO)N1CCNCC1. The maximum absolute atomic E-state index is 11.1. The van der Waals surface area contributed by atoms with Crippen molar-refractivity contribution >= 4 is 5.91 Å². The predicted octanol–water partition coefficient (Wildman–Crippen LogP) is -1.20. The highest BCUT2D eigenvalue weighted by Gasteiger charge is 2.14. The van der Waals surface area contributed by atoms with Crippen molar-refractivity contribution in [3.63, 3.8) is 0 Å². The Balaban J connectivity index is 2.27. The Kier molecular flexibility index (Phi) is 3.32. The number of aliphatic hydroxyl groups excluding tert-OH is 1. The van der Waals surface area contributed by atoms with Crippen molar-refractivity contribution in [1.29, 1.82) is 0 Å². The number of carbonyl (C=O) groups excluding carboxylic acids is 1. The van der Waals surface area contributed by atoms with E-state index in [1.807, 2.05) is 0 Å². The van der Waals surface area contributed by atoms with Gasteiger partial charge in [0.05, 0.1) is 6.61 Å². The molecule has 1 heterocycles. The molecule has 0 saturated carbocycles. The lowest BCUT2D eigenvalue weighted by atomic mass is 10.3. The molecule has 1 amide bonds. The molecule has 0 spiro atoms. The van der Waals surface area contributed by atoms with Crippen LogP contribution in [-0.2, 0) is 4.79 Å². The number of nitrogens with one attached hydrogen (secondary N) is 1. The predicted molar refractivity (Wildman–Crippen MR) is 41.2 cm³/mol. The zero-order valence-electron chi connectivity index (χ0n) is 6.55. The van der Waals surface area contributed by atoms with Crippen molar-refractivity contribution in [2.75, 3.05) is 32.8 Å². The number of carbonyl (C=O) groups is 1. The van der Waals surface area contributed by atoms with Gasteiger partial charge in [0.25, 0.3) is 0 Å². The standard InChI is InChI=1S/C7H14N2O2/c10-6-1-7(11)9-4-2-8-3-5-9/h8,10H,1-6H2. The zero-order valence-corrected chi connectivity index (χ0v) is 6.55. The lowest BCUT2D eigenvalue weighted by Crippen LogP contribution is -2.46. The summed E-state index contributed by atoms with van der Waals surface area (Å²) in [5.41, 5.74) is 0. The summed E-state index contributed by atoms with van der Waals surface area (Å²) in [4.78, 5) is 12.9. The highest BCUT2D eigenvalue weighted by Crippen LogP contribution is 1.95. The number of amides is 1. The molecular formula is C7H14N2O2. The average Bonchev–Trinajstić information content (AvgIpc) is 2.07. The van der Waals surface area contributed by atoms with Gasteiger partial charge < -0.3 is 15.3 Å². The second-order valence-electron chi connectivity index (χ2n) is 2.60. The van der Waals surface area contributed by atoms with Crippen molar-refractivity contribution in [1.82, 2.24) is 10.2 Å². The van der Waals surface area contributed by atoms with Crippen LogP contribution in [0.15, 0.2) is 0 Å². The van der Waals surface area contributed by atoms with Crippen LogP contribution in [0, 0.1) is 0 Å². The Labute approximate surface area is 66.2 Å². The van der Waals surface area contributed by atoms with Crippen LogP contribution in [0.1, 0.15) is 6.42 Å². The van der Waals surface area contributed by atoms with Crippen LogP contribution in [0.5, 0.6) is 0 Å². The summed E-state index contributed by atoms with van der Waals surface area (Å²) in [6.45, 7) is 3.26. The molecule has 4 nitrogen and oxygen atoms in total. The first-order valence-electron chi connectivity index (χ1n) is 3.94. The molecule has 0 radical (unpaired) electrons. The first-order valence-corrected chi connectivity index (χ1v) is 3.94. The van der Waals surface area contributed by atoms with Gasteiger partial charge in [-0.1, -0.05) is 0 Å². The minimum absolute atomic E-state index is 0.0389. The molecule has 1 rings (SSSR count). The quantitative estimate of drug-likeness (QED) is 0.531. The third-order valence-corrected chi connectivity index (χ3v) is 1.80. The van der Waals surface area contributed by atoms with Crippen LogP contribution < -0.4 is 5.32 Å². The van der Waals surface area contributed by atoms with E-state index >= 15 is 0 Å². The Morgan fingerprint density at radius 2 is 2.09 bits per heavy atom. The molecule has 1 aliphatic heterocycles. The maximum Gasteiger partial charge on any atom is 0.224 e. The second-order valence-corrected chi connectivity index (χ2v) is 2.60. The van der Waals surface area contributed by atoms with Crippen molar-refractivity contribution < 1.29 is 9.90 Å². The van der Waals surface area contributed by atoms with Gasteiger partial charge in [-0.2, -0.15) is 0 Å². The van der Waals surface area contributed by atoms with E-state index in [0.717, 1.165) is 26.2 Å². The van der Waals surface area contributed by atoms with Gasteiger partial charge >= 0.3 is 0 Å². The van der Waals surface area contributed by atoms with Gasteiger partial charge in [0.15, 0.2) is 0 Å². The van der Waals surface area contributed by atoms with E-state index in [4.69, 9.17) is 5.11 Å². The lowest BCUT2D eigenvalue weighted by Gasteiger charge is -2.27. The molecule has 1 aliphatic rings. The molecular weight excluding hydrogens is 144 g/mol. The fourth-order valence-corrected chi connectivity index (χ4v) is 1.17. The second kappa shape index (κ2) is 4.31. The van der Waals surface area contributed by atoms with E-state index in [2.05, 4.69) is 5.32 Å². The molecule has 0 aromatic heterocycles. The fourth-order valence-electron chi connectivity index (χ4n) is 1.17. The minimum atomic E-state index is -0.0389. The van der Waals surface area contributed by atoms with Crippen molar-refractivity contribution in [3.05, 3.63) is 0 Å². The smallest absolute Gasteiger partial charge is 0.224 e. The minimum Gasteiger partial charge on any atom is -0.396 e. The first-order chi connectivity index (χ1) is 5.34.